The van der Waals surface area contributed by atoms with Gasteiger partial charge >= 0.3 is 0 Å². The lowest BCUT2D eigenvalue weighted by Crippen LogP contribution is -2.66. The van der Waals surface area contributed by atoms with Gasteiger partial charge in [-0.1, -0.05) is 67.0 Å². The summed E-state index contributed by atoms with van der Waals surface area (Å²) in [6.07, 6.45) is 11.4. The van der Waals surface area contributed by atoms with E-state index >= 15 is 0 Å². The molecule has 0 unspecified atom stereocenters. The summed E-state index contributed by atoms with van der Waals surface area (Å²) >= 11 is 0. The quantitative estimate of drug-likeness (QED) is 0.397. The van der Waals surface area contributed by atoms with Crippen molar-refractivity contribution in [3.05, 3.63) is 11.6 Å². The predicted octanol–water partition coefficient (Wildman–Crippen LogP) is 7.00. The third-order valence-corrected chi connectivity index (χ3v) is 13.5. The maximum Gasteiger partial charge on any atom is 0.0608 e. The van der Waals surface area contributed by atoms with Crippen molar-refractivity contribution < 1.29 is 10.2 Å². The lowest BCUT2D eigenvalue weighted by atomic mass is 9.33. The topological polar surface area (TPSA) is 40.5 Å². The molecule has 0 saturated heterocycles. The maximum atomic E-state index is 11.7. The van der Waals surface area contributed by atoms with Crippen molar-refractivity contribution in [3.8, 4) is 0 Å². The van der Waals surface area contributed by atoms with Gasteiger partial charge in [0.2, 0.25) is 0 Å². The third kappa shape index (κ3) is 2.61. The molecule has 0 bridgehead atoms. The summed E-state index contributed by atoms with van der Waals surface area (Å²) in [5, 5.41) is 22.6. The first-order chi connectivity index (χ1) is 14.7. The van der Waals surface area contributed by atoms with E-state index in [1.54, 1.807) is 5.57 Å². The molecular formula is C30H50O2. The average Bonchev–Trinajstić information content (AvgIpc) is 2.70. The van der Waals surface area contributed by atoms with Crippen LogP contribution < -0.4 is 0 Å². The van der Waals surface area contributed by atoms with E-state index in [9.17, 15) is 10.2 Å². The number of allylic oxidation sites excluding steroid dienone is 2. The van der Waals surface area contributed by atoms with E-state index in [0.29, 0.717) is 23.7 Å². The van der Waals surface area contributed by atoms with Gasteiger partial charge in [0, 0.05) is 5.41 Å². The van der Waals surface area contributed by atoms with Gasteiger partial charge in [-0.15, -0.1) is 0 Å². The second-order valence-electron chi connectivity index (χ2n) is 14.7. The van der Waals surface area contributed by atoms with Crippen LogP contribution in [0.15, 0.2) is 11.6 Å². The maximum absolute atomic E-state index is 11.7. The molecule has 4 saturated carbocycles. The Morgan fingerprint density at radius 1 is 0.781 bits per heavy atom. The first kappa shape index (κ1) is 23.4. The number of rotatable bonds is 0. The summed E-state index contributed by atoms with van der Waals surface area (Å²) in [6.45, 7) is 19.7. The molecule has 32 heavy (non-hydrogen) atoms. The lowest BCUT2D eigenvalue weighted by Gasteiger charge is -2.72. The first-order valence-corrected chi connectivity index (χ1v) is 13.8. The first-order valence-electron chi connectivity index (χ1n) is 13.8. The molecule has 0 aromatic heterocycles. The zero-order valence-corrected chi connectivity index (χ0v) is 22.2. The van der Waals surface area contributed by atoms with Crippen molar-refractivity contribution in [2.75, 3.05) is 0 Å². The van der Waals surface area contributed by atoms with E-state index in [2.05, 4.69) is 61.5 Å². The van der Waals surface area contributed by atoms with Crippen molar-refractivity contribution in [3.63, 3.8) is 0 Å². The number of fused-ring (bicyclic) bond motifs is 7. The normalized spacial score (nSPS) is 59.2. The second kappa shape index (κ2) is 6.87. The van der Waals surface area contributed by atoms with Crippen molar-refractivity contribution in [1.82, 2.24) is 0 Å². The molecule has 5 aliphatic rings. The highest BCUT2D eigenvalue weighted by Crippen LogP contribution is 2.75. The monoisotopic (exact) mass is 442 g/mol. The number of aliphatic hydroxyl groups excluding tert-OH is 2. The molecule has 4 fully saturated rings. The fraction of sp³-hybridized carbons (Fsp3) is 0.933. The Kier molecular flexibility index (Phi) is 5.02. The summed E-state index contributed by atoms with van der Waals surface area (Å²) < 4.78 is 0. The molecule has 2 N–H and O–H groups in total. The van der Waals surface area contributed by atoms with Crippen LogP contribution in [0.25, 0.3) is 0 Å². The van der Waals surface area contributed by atoms with Crippen molar-refractivity contribution in [1.29, 1.82) is 0 Å². The molecule has 5 aliphatic carbocycles. The van der Waals surface area contributed by atoms with E-state index < -0.39 is 0 Å². The van der Waals surface area contributed by atoms with Crippen LogP contribution in [0.3, 0.4) is 0 Å². The number of aliphatic hydroxyl groups is 2. The molecule has 11 atom stereocenters. The Morgan fingerprint density at radius 3 is 2.12 bits per heavy atom. The smallest absolute Gasteiger partial charge is 0.0608 e. The minimum absolute atomic E-state index is 0.00278. The van der Waals surface area contributed by atoms with Crippen LogP contribution in [-0.4, -0.2) is 22.4 Å². The average molecular weight is 443 g/mol. The van der Waals surface area contributed by atoms with Gasteiger partial charge in [0.25, 0.3) is 0 Å². The van der Waals surface area contributed by atoms with Gasteiger partial charge in [-0.3, -0.25) is 0 Å². The van der Waals surface area contributed by atoms with Crippen molar-refractivity contribution >= 4 is 0 Å². The third-order valence-electron chi connectivity index (χ3n) is 13.5. The van der Waals surface area contributed by atoms with Crippen molar-refractivity contribution in [2.24, 2.45) is 56.7 Å². The van der Waals surface area contributed by atoms with Crippen LogP contribution >= 0.6 is 0 Å². The molecule has 0 radical (unpaired) electrons. The fourth-order valence-corrected chi connectivity index (χ4v) is 10.9. The van der Waals surface area contributed by atoms with Crippen LogP contribution in [0.4, 0.5) is 0 Å². The standard InChI is InChI=1S/C30H50O2/c1-18-11-14-28(6)24(32)17-30(8)20(25(28)19(18)2)9-10-22-27(5)15-13-23(31)26(3,4)21(27)12-16-29(22,30)7/h9,18-19,21-25,31-32H,10-17H2,1-8H3/t18-,19+,21-,22+,23-,24+,25+,27+,28-,29-,30-/m1/s1. The van der Waals surface area contributed by atoms with E-state index in [1.807, 2.05) is 0 Å². The molecule has 0 spiro atoms. The molecule has 182 valence electrons. The molecule has 5 rings (SSSR count). The molecular weight excluding hydrogens is 392 g/mol. The van der Waals surface area contributed by atoms with Gasteiger partial charge in [-0.05, 0) is 103 Å². The van der Waals surface area contributed by atoms with Crippen LogP contribution in [0.5, 0.6) is 0 Å². The second-order valence-corrected chi connectivity index (χ2v) is 14.7. The van der Waals surface area contributed by atoms with Crippen LogP contribution in [-0.2, 0) is 0 Å². The Balaban J connectivity index is 1.61. The molecule has 2 heteroatoms. The Labute approximate surface area is 197 Å². The van der Waals surface area contributed by atoms with E-state index in [1.165, 1.54) is 32.1 Å². The number of hydrogen-bond acceptors (Lipinski definition) is 2. The van der Waals surface area contributed by atoms with Crippen LogP contribution in [0, 0.1) is 56.7 Å². The summed E-state index contributed by atoms with van der Waals surface area (Å²) in [7, 11) is 0. The SMILES string of the molecule is C[C@H]1[C@H](C)CC[C@@]2(C)[C@@H]1C1=CC[C@H]3[C@@]4(C)CC[C@@H](O)C(C)(C)[C@H]4CC[C@@]3(C)[C@]1(C)C[C@@H]2O. The predicted molar refractivity (Wildman–Crippen MR) is 132 cm³/mol. The van der Waals surface area contributed by atoms with Crippen LogP contribution in [0.2, 0.25) is 0 Å². The minimum Gasteiger partial charge on any atom is -0.393 e. The lowest BCUT2D eigenvalue weighted by molar-refractivity contribution is -0.215. The summed E-state index contributed by atoms with van der Waals surface area (Å²) in [5.41, 5.74) is 2.34. The van der Waals surface area contributed by atoms with Gasteiger partial charge in [-0.25, -0.2) is 0 Å². The molecule has 0 aromatic rings. The zero-order chi connectivity index (χ0) is 23.5. The fourth-order valence-electron chi connectivity index (χ4n) is 10.9. The molecule has 0 amide bonds. The van der Waals surface area contributed by atoms with Gasteiger partial charge in [-0.2, -0.15) is 0 Å². The Bertz CT molecular complexity index is 814. The highest BCUT2D eigenvalue weighted by molar-refractivity contribution is 5.35. The minimum atomic E-state index is -0.199. The van der Waals surface area contributed by atoms with E-state index in [0.717, 1.165) is 25.2 Å². The van der Waals surface area contributed by atoms with Gasteiger partial charge < -0.3 is 10.2 Å². The Morgan fingerprint density at radius 2 is 1.44 bits per heavy atom. The molecule has 0 heterocycles. The molecule has 0 aliphatic heterocycles. The van der Waals surface area contributed by atoms with Gasteiger partial charge in [0.1, 0.15) is 0 Å². The largest absolute Gasteiger partial charge is 0.393 e. The van der Waals surface area contributed by atoms with E-state index in [4.69, 9.17) is 0 Å². The van der Waals surface area contributed by atoms with E-state index in [-0.39, 0.29) is 39.3 Å². The highest BCUT2D eigenvalue weighted by atomic mass is 16.3. The molecule has 2 nitrogen and oxygen atoms in total. The van der Waals surface area contributed by atoms with Crippen LogP contribution in [0.1, 0.15) is 107 Å². The summed E-state index contributed by atoms with van der Waals surface area (Å²) in [4.78, 5) is 0. The van der Waals surface area contributed by atoms with Crippen molar-refractivity contribution in [2.45, 2.75) is 119 Å². The summed E-state index contributed by atoms with van der Waals surface area (Å²) in [6, 6.07) is 0. The van der Waals surface area contributed by atoms with Gasteiger partial charge in [0.05, 0.1) is 12.2 Å². The summed E-state index contributed by atoms with van der Waals surface area (Å²) in [5.74, 6) is 3.13. The Hall–Kier alpha value is -0.340. The van der Waals surface area contributed by atoms with Gasteiger partial charge in [0.15, 0.2) is 0 Å². The highest BCUT2D eigenvalue weighted by Gasteiger charge is 2.69. The molecule has 0 aromatic carbocycles. The zero-order valence-electron chi connectivity index (χ0n) is 22.2. The number of hydrogen-bond donors (Lipinski definition) is 2.